The van der Waals surface area contributed by atoms with Crippen LogP contribution in [0.25, 0.3) is 0 Å². The molecule has 0 aliphatic rings. The number of nitrogens with one attached hydrogen (secondary N) is 1. The molecule has 0 heterocycles. The zero-order chi connectivity index (χ0) is 15.2. The smallest absolute Gasteiger partial charge is 0.441 e. The molecule has 1 unspecified atom stereocenters. The lowest BCUT2D eigenvalue weighted by molar-refractivity contribution is -0.0329. The highest BCUT2D eigenvalue weighted by Crippen LogP contribution is 2.31. The fourth-order valence-electron chi connectivity index (χ4n) is 1.72. The molecule has 0 saturated carbocycles. The summed E-state index contributed by atoms with van der Waals surface area (Å²) in [5, 5.41) is 3.26. The Balaban J connectivity index is 2.65. The SMILES string of the molecule is CCNC(C)c1ccc(Br)cc1OCCSC(F)(F)F. The van der Waals surface area contributed by atoms with E-state index in [4.69, 9.17) is 4.74 Å². The van der Waals surface area contributed by atoms with Gasteiger partial charge in [0.15, 0.2) is 0 Å². The fraction of sp³-hybridized carbons (Fsp3) is 0.538. The molecule has 2 nitrogen and oxygen atoms in total. The van der Waals surface area contributed by atoms with Crippen LogP contribution >= 0.6 is 27.7 Å². The van der Waals surface area contributed by atoms with Gasteiger partial charge in [0.05, 0.1) is 6.61 Å². The Bertz CT molecular complexity index is 429. The first kappa shape index (κ1) is 17.7. The van der Waals surface area contributed by atoms with Crippen molar-refractivity contribution in [1.82, 2.24) is 5.32 Å². The van der Waals surface area contributed by atoms with Crippen LogP contribution in [0.3, 0.4) is 0 Å². The molecule has 114 valence electrons. The minimum Gasteiger partial charge on any atom is -0.492 e. The molecule has 0 aliphatic heterocycles. The number of hydrogen-bond donors (Lipinski definition) is 1. The highest BCUT2D eigenvalue weighted by atomic mass is 79.9. The van der Waals surface area contributed by atoms with E-state index in [1.54, 1.807) is 6.07 Å². The zero-order valence-electron chi connectivity index (χ0n) is 11.3. The molecule has 0 bridgehead atoms. The third-order valence-corrected chi connectivity index (χ3v) is 3.75. The molecule has 1 N–H and O–H groups in total. The van der Waals surface area contributed by atoms with Gasteiger partial charge in [0.25, 0.3) is 0 Å². The first-order chi connectivity index (χ1) is 9.33. The Morgan fingerprint density at radius 2 is 2.10 bits per heavy atom. The third-order valence-electron chi connectivity index (χ3n) is 2.56. The highest BCUT2D eigenvalue weighted by Gasteiger charge is 2.27. The van der Waals surface area contributed by atoms with Gasteiger partial charge in [0, 0.05) is 21.8 Å². The summed E-state index contributed by atoms with van der Waals surface area (Å²) in [5.74, 6) is 0.487. The van der Waals surface area contributed by atoms with Crippen molar-refractivity contribution in [2.45, 2.75) is 25.4 Å². The van der Waals surface area contributed by atoms with Crippen molar-refractivity contribution in [2.24, 2.45) is 0 Å². The molecule has 0 aromatic heterocycles. The fourth-order valence-corrected chi connectivity index (χ4v) is 2.45. The number of thioether (sulfide) groups is 1. The molecule has 20 heavy (non-hydrogen) atoms. The Kier molecular flexibility index (Phi) is 7.19. The van der Waals surface area contributed by atoms with E-state index in [1.165, 1.54) is 0 Å². The van der Waals surface area contributed by atoms with Gasteiger partial charge in [-0.2, -0.15) is 13.2 Å². The maximum Gasteiger partial charge on any atom is 0.441 e. The average molecular weight is 372 g/mol. The summed E-state index contributed by atoms with van der Waals surface area (Å²) >= 11 is 3.27. The van der Waals surface area contributed by atoms with Gasteiger partial charge in [-0.25, -0.2) is 0 Å². The van der Waals surface area contributed by atoms with Crippen molar-refractivity contribution in [3.63, 3.8) is 0 Å². The van der Waals surface area contributed by atoms with Crippen LogP contribution in [0.4, 0.5) is 13.2 Å². The predicted octanol–water partition coefficient (Wildman–Crippen LogP) is 4.75. The molecule has 0 spiro atoms. The number of benzene rings is 1. The van der Waals surface area contributed by atoms with Crippen LogP contribution in [0, 0.1) is 0 Å². The second kappa shape index (κ2) is 8.14. The zero-order valence-corrected chi connectivity index (χ0v) is 13.7. The molecule has 7 heteroatoms. The lowest BCUT2D eigenvalue weighted by Gasteiger charge is -2.18. The number of ether oxygens (including phenoxy) is 1. The van der Waals surface area contributed by atoms with Gasteiger partial charge in [0.1, 0.15) is 5.75 Å². The highest BCUT2D eigenvalue weighted by molar-refractivity contribution is 9.10. The normalized spacial score (nSPS) is 13.3. The van der Waals surface area contributed by atoms with Gasteiger partial charge in [-0.1, -0.05) is 28.9 Å². The molecule has 0 fully saturated rings. The number of hydrogen-bond acceptors (Lipinski definition) is 3. The maximum atomic E-state index is 12.0. The van der Waals surface area contributed by atoms with Crippen LogP contribution in [0.1, 0.15) is 25.5 Å². The number of halogens is 4. The van der Waals surface area contributed by atoms with Gasteiger partial charge in [-0.3, -0.25) is 0 Å². The van der Waals surface area contributed by atoms with Crippen LogP contribution in [0.5, 0.6) is 5.75 Å². The second-order valence-electron chi connectivity index (χ2n) is 4.10. The predicted molar refractivity (Wildman–Crippen MR) is 80.2 cm³/mol. The molecule has 1 atom stereocenters. The van der Waals surface area contributed by atoms with E-state index in [9.17, 15) is 13.2 Å². The molecule has 0 saturated heterocycles. The lowest BCUT2D eigenvalue weighted by atomic mass is 10.1. The van der Waals surface area contributed by atoms with Gasteiger partial charge in [-0.05, 0) is 37.4 Å². The minimum atomic E-state index is -4.21. The average Bonchev–Trinajstić information content (AvgIpc) is 2.34. The van der Waals surface area contributed by atoms with E-state index in [1.807, 2.05) is 26.0 Å². The van der Waals surface area contributed by atoms with Crippen LogP contribution in [-0.4, -0.2) is 24.4 Å². The van der Waals surface area contributed by atoms with Gasteiger partial charge in [0.2, 0.25) is 0 Å². The summed E-state index contributed by atoms with van der Waals surface area (Å²) < 4.78 is 42.5. The third kappa shape index (κ3) is 6.37. The Morgan fingerprint density at radius 1 is 1.40 bits per heavy atom. The molecule has 0 amide bonds. The van der Waals surface area contributed by atoms with Crippen LogP contribution in [-0.2, 0) is 0 Å². The Hall–Kier alpha value is -0.400. The Morgan fingerprint density at radius 3 is 2.70 bits per heavy atom. The minimum absolute atomic E-state index is 0.0203. The molecule has 1 rings (SSSR count). The molecular weight excluding hydrogens is 355 g/mol. The van der Waals surface area contributed by atoms with Crippen molar-refractivity contribution in [3.8, 4) is 5.75 Å². The van der Waals surface area contributed by atoms with E-state index >= 15 is 0 Å². The van der Waals surface area contributed by atoms with Crippen molar-refractivity contribution < 1.29 is 17.9 Å². The summed E-state index contributed by atoms with van der Waals surface area (Å²) in [6.07, 6.45) is 0. The van der Waals surface area contributed by atoms with E-state index in [0.29, 0.717) is 5.75 Å². The second-order valence-corrected chi connectivity index (χ2v) is 6.18. The summed E-state index contributed by atoms with van der Waals surface area (Å²) in [6, 6.07) is 5.66. The van der Waals surface area contributed by atoms with E-state index in [0.717, 1.165) is 16.6 Å². The van der Waals surface area contributed by atoms with Gasteiger partial charge in [-0.15, -0.1) is 0 Å². The van der Waals surface area contributed by atoms with Crippen molar-refractivity contribution >= 4 is 27.7 Å². The topological polar surface area (TPSA) is 21.3 Å². The number of rotatable bonds is 7. The molecule has 1 aromatic rings. The maximum absolute atomic E-state index is 12.0. The summed E-state index contributed by atoms with van der Waals surface area (Å²) in [4.78, 5) is 0. The van der Waals surface area contributed by atoms with Crippen LogP contribution in [0.2, 0.25) is 0 Å². The molecular formula is C13H17BrF3NOS. The molecule has 0 aliphatic carbocycles. The van der Waals surface area contributed by atoms with Gasteiger partial charge >= 0.3 is 5.51 Å². The quantitative estimate of drug-likeness (QED) is 0.698. The van der Waals surface area contributed by atoms with Gasteiger partial charge < -0.3 is 10.1 Å². The van der Waals surface area contributed by atoms with E-state index in [-0.39, 0.29) is 30.2 Å². The van der Waals surface area contributed by atoms with Crippen molar-refractivity contribution in [1.29, 1.82) is 0 Å². The van der Waals surface area contributed by atoms with E-state index < -0.39 is 5.51 Å². The van der Waals surface area contributed by atoms with Crippen molar-refractivity contribution in [2.75, 3.05) is 18.9 Å². The summed E-state index contributed by atoms with van der Waals surface area (Å²) in [6.45, 7) is 4.81. The molecule has 1 aromatic carbocycles. The molecule has 0 radical (unpaired) electrons. The lowest BCUT2D eigenvalue weighted by Crippen LogP contribution is -2.19. The van der Waals surface area contributed by atoms with Crippen molar-refractivity contribution in [3.05, 3.63) is 28.2 Å². The monoisotopic (exact) mass is 371 g/mol. The van der Waals surface area contributed by atoms with Crippen LogP contribution in [0.15, 0.2) is 22.7 Å². The number of alkyl halides is 3. The summed E-state index contributed by atoms with van der Waals surface area (Å²) in [7, 11) is 0. The first-order valence-electron chi connectivity index (χ1n) is 6.19. The summed E-state index contributed by atoms with van der Waals surface area (Å²) in [5.41, 5.74) is -3.27. The largest absolute Gasteiger partial charge is 0.492 e. The standard InChI is InChI=1S/C13H17BrF3NOS/c1-3-18-9(2)11-5-4-10(14)8-12(11)19-6-7-20-13(15,16)17/h4-5,8-9,18H,3,6-7H2,1-2H3. The first-order valence-corrected chi connectivity index (χ1v) is 7.97. The Labute approximate surface area is 129 Å². The van der Waals surface area contributed by atoms with Crippen LogP contribution < -0.4 is 10.1 Å². The van der Waals surface area contributed by atoms with E-state index in [2.05, 4.69) is 21.2 Å².